The van der Waals surface area contributed by atoms with Crippen LogP contribution in [-0.4, -0.2) is 10.8 Å². The van der Waals surface area contributed by atoms with Crippen molar-refractivity contribution in [2.45, 2.75) is 47.5 Å². The van der Waals surface area contributed by atoms with E-state index >= 15 is 0 Å². The second-order valence-corrected chi connectivity index (χ2v) is 5.76. The normalized spacial score (nSPS) is 10.0. The Morgan fingerprint density at radius 2 is 1.79 bits per heavy atom. The van der Waals surface area contributed by atoms with Crippen LogP contribution < -0.4 is 5.30 Å². The zero-order valence-corrected chi connectivity index (χ0v) is 16.7. The summed E-state index contributed by atoms with van der Waals surface area (Å²) in [6.07, 6.45) is 7.30. The lowest BCUT2D eigenvalue weighted by Crippen LogP contribution is -2.01. The van der Waals surface area contributed by atoms with Crippen molar-refractivity contribution in [3.05, 3.63) is 65.5 Å². The van der Waals surface area contributed by atoms with Crippen LogP contribution in [0.5, 0.6) is 0 Å². The summed E-state index contributed by atoms with van der Waals surface area (Å²) in [5, 5.41) is 1.02. The summed E-state index contributed by atoms with van der Waals surface area (Å²) < 4.78 is 0. The lowest BCUT2D eigenvalue weighted by atomic mass is 10.0. The van der Waals surface area contributed by atoms with Gasteiger partial charge >= 0.3 is 0 Å². The highest BCUT2D eigenvalue weighted by atomic mass is 31.0. The summed E-state index contributed by atoms with van der Waals surface area (Å²) in [5.74, 6) is 0.151. The van der Waals surface area contributed by atoms with E-state index in [1.807, 2.05) is 44.2 Å². The molecule has 130 valence electrons. The third-order valence-corrected chi connectivity index (χ3v) is 3.61. The second-order valence-electron chi connectivity index (χ2n) is 5.14. The Morgan fingerprint density at radius 3 is 2.21 bits per heavy atom. The molecule has 0 spiro atoms. The number of carbonyl (C=O) groups excluding carboxylic acids is 1. The van der Waals surface area contributed by atoms with E-state index < -0.39 is 0 Å². The standard InChI is InChI=1S/C12H16NOP.C7H8.C2H6/c1-3-4-10(9(2)14)7-11-5-6-13-8-12(11)15;1-7-5-3-2-4-6-7;1-2/h5-8H,3-4,15H2,1-2H3;2-6H,1H3;1-2H3/b10-7+;;. The van der Waals surface area contributed by atoms with Gasteiger partial charge in [0.1, 0.15) is 0 Å². The van der Waals surface area contributed by atoms with Crippen LogP contribution in [-0.2, 0) is 4.79 Å². The molecule has 0 N–H and O–H groups in total. The summed E-state index contributed by atoms with van der Waals surface area (Å²) in [7, 11) is 2.63. The van der Waals surface area contributed by atoms with E-state index in [1.54, 1.807) is 19.3 Å². The van der Waals surface area contributed by atoms with E-state index in [1.165, 1.54) is 5.56 Å². The van der Waals surface area contributed by atoms with Gasteiger partial charge in [0.25, 0.3) is 0 Å². The number of hydrogen-bond donors (Lipinski definition) is 0. The summed E-state index contributed by atoms with van der Waals surface area (Å²) in [5.41, 5.74) is 3.25. The van der Waals surface area contributed by atoms with Crippen molar-refractivity contribution < 1.29 is 4.79 Å². The van der Waals surface area contributed by atoms with Crippen LogP contribution in [0.15, 0.2) is 54.4 Å². The zero-order chi connectivity index (χ0) is 18.4. The van der Waals surface area contributed by atoms with Gasteiger partial charge in [-0.1, -0.05) is 63.1 Å². The summed E-state index contributed by atoms with van der Waals surface area (Å²) in [4.78, 5) is 15.4. The molecule has 0 amide bonds. The highest BCUT2D eigenvalue weighted by Crippen LogP contribution is 2.12. The number of ketones is 1. The Morgan fingerprint density at radius 1 is 1.17 bits per heavy atom. The van der Waals surface area contributed by atoms with Crippen LogP contribution >= 0.6 is 9.24 Å². The molecule has 1 atom stereocenters. The molecule has 0 aliphatic rings. The average Bonchev–Trinajstić information content (AvgIpc) is 2.59. The Kier molecular flexibility index (Phi) is 12.6. The van der Waals surface area contributed by atoms with Crippen molar-refractivity contribution in [1.29, 1.82) is 0 Å². The molecule has 2 rings (SSSR count). The molecule has 1 heterocycles. The van der Waals surface area contributed by atoms with E-state index in [0.717, 1.165) is 29.3 Å². The lowest BCUT2D eigenvalue weighted by Gasteiger charge is -2.03. The molecule has 24 heavy (non-hydrogen) atoms. The Balaban J connectivity index is 0.000000488. The fourth-order valence-corrected chi connectivity index (χ4v) is 2.16. The van der Waals surface area contributed by atoms with E-state index in [4.69, 9.17) is 0 Å². The molecule has 0 fully saturated rings. The average molecular weight is 343 g/mol. The molecule has 1 aromatic carbocycles. The van der Waals surface area contributed by atoms with Crippen LogP contribution in [0.1, 0.15) is 51.7 Å². The van der Waals surface area contributed by atoms with Crippen LogP contribution in [0.3, 0.4) is 0 Å². The minimum absolute atomic E-state index is 0.151. The highest BCUT2D eigenvalue weighted by molar-refractivity contribution is 7.27. The molecule has 0 aliphatic heterocycles. The smallest absolute Gasteiger partial charge is 0.155 e. The number of carbonyl (C=O) groups is 1. The minimum atomic E-state index is 0.151. The molecule has 0 bridgehead atoms. The van der Waals surface area contributed by atoms with Gasteiger partial charge in [0, 0.05) is 12.4 Å². The molecule has 1 unspecified atom stereocenters. The first-order chi connectivity index (χ1) is 11.5. The van der Waals surface area contributed by atoms with Crippen molar-refractivity contribution in [3.63, 3.8) is 0 Å². The first-order valence-electron chi connectivity index (χ1n) is 8.47. The topological polar surface area (TPSA) is 30.0 Å². The molecule has 0 aliphatic carbocycles. The molecule has 1 aromatic heterocycles. The van der Waals surface area contributed by atoms with Gasteiger partial charge in [-0.3, -0.25) is 9.78 Å². The van der Waals surface area contributed by atoms with Crippen LogP contribution in [0.25, 0.3) is 6.08 Å². The second kappa shape index (κ2) is 13.6. The van der Waals surface area contributed by atoms with Crippen molar-refractivity contribution in [2.75, 3.05) is 0 Å². The van der Waals surface area contributed by atoms with Crippen molar-refractivity contribution >= 4 is 26.4 Å². The van der Waals surface area contributed by atoms with Gasteiger partial charge in [-0.2, -0.15) is 0 Å². The maximum Gasteiger partial charge on any atom is 0.155 e. The van der Waals surface area contributed by atoms with Crippen LogP contribution in [0.4, 0.5) is 0 Å². The predicted octanol–water partition coefficient (Wildman–Crippen LogP) is 5.38. The largest absolute Gasteiger partial charge is 0.295 e. The summed E-state index contributed by atoms with van der Waals surface area (Å²) >= 11 is 0. The maximum atomic E-state index is 11.4. The highest BCUT2D eigenvalue weighted by Gasteiger charge is 2.03. The number of pyridine rings is 1. The Bertz CT molecular complexity index is 621. The molecule has 2 nitrogen and oxygen atoms in total. The van der Waals surface area contributed by atoms with Crippen LogP contribution in [0, 0.1) is 6.92 Å². The van der Waals surface area contributed by atoms with Crippen molar-refractivity contribution in [1.82, 2.24) is 4.98 Å². The SMILES string of the molecule is CC.CCC/C(=C\c1ccncc1P)C(C)=O.Cc1ccccc1. The number of aryl methyl sites for hydroxylation is 1. The van der Waals surface area contributed by atoms with Crippen molar-refractivity contribution in [3.8, 4) is 0 Å². The molecule has 2 aromatic rings. The molecule has 0 radical (unpaired) electrons. The lowest BCUT2D eigenvalue weighted by molar-refractivity contribution is -0.113. The maximum absolute atomic E-state index is 11.4. The monoisotopic (exact) mass is 343 g/mol. The quantitative estimate of drug-likeness (QED) is 0.551. The number of aromatic nitrogens is 1. The minimum Gasteiger partial charge on any atom is -0.295 e. The number of hydrogen-bond acceptors (Lipinski definition) is 2. The number of Topliss-reactive ketones (excluding diaryl/α,β-unsaturated/α-hetero) is 1. The number of nitrogens with zero attached hydrogens (tertiary/aromatic N) is 1. The first-order valence-corrected chi connectivity index (χ1v) is 9.05. The predicted molar refractivity (Wildman–Crippen MR) is 110 cm³/mol. The summed E-state index contributed by atoms with van der Waals surface area (Å²) in [6.45, 7) is 9.77. The molecule has 0 saturated carbocycles. The van der Waals surface area contributed by atoms with Gasteiger partial charge in [-0.25, -0.2) is 0 Å². The first kappa shape index (κ1) is 22.2. The fraction of sp³-hybridized carbons (Fsp3) is 0.333. The van der Waals surface area contributed by atoms with Gasteiger partial charge < -0.3 is 0 Å². The van der Waals surface area contributed by atoms with Gasteiger partial charge in [-0.05, 0) is 48.9 Å². The number of benzene rings is 1. The van der Waals surface area contributed by atoms with Gasteiger partial charge in [0.15, 0.2) is 5.78 Å². The third kappa shape index (κ3) is 9.37. The van der Waals surface area contributed by atoms with Gasteiger partial charge in [0.05, 0.1) is 0 Å². The van der Waals surface area contributed by atoms with E-state index in [-0.39, 0.29) is 5.78 Å². The van der Waals surface area contributed by atoms with E-state index in [0.29, 0.717) is 0 Å². The number of rotatable bonds is 4. The Hall–Kier alpha value is -1.79. The van der Waals surface area contributed by atoms with Gasteiger partial charge in [-0.15, -0.1) is 9.24 Å². The van der Waals surface area contributed by atoms with Crippen LogP contribution in [0.2, 0.25) is 0 Å². The molecule has 3 heteroatoms. The summed E-state index contributed by atoms with van der Waals surface area (Å²) in [6, 6.07) is 12.2. The number of allylic oxidation sites excluding steroid dienone is 1. The van der Waals surface area contributed by atoms with E-state index in [9.17, 15) is 4.79 Å². The van der Waals surface area contributed by atoms with Crippen molar-refractivity contribution in [2.24, 2.45) is 0 Å². The molecular weight excluding hydrogens is 313 g/mol. The third-order valence-electron chi connectivity index (χ3n) is 3.13. The molecule has 0 saturated heterocycles. The fourth-order valence-electron chi connectivity index (χ4n) is 1.89. The Labute approximate surface area is 149 Å². The molecular formula is C21H30NOP. The van der Waals surface area contributed by atoms with Gasteiger partial charge in [0.2, 0.25) is 0 Å². The van der Waals surface area contributed by atoms with E-state index in [2.05, 4.69) is 40.2 Å². The zero-order valence-electron chi connectivity index (χ0n) is 15.5.